The highest BCUT2D eigenvalue weighted by atomic mass is 14.2. The Hall–Kier alpha value is -3.36. The van der Waals surface area contributed by atoms with Crippen molar-refractivity contribution in [3.8, 4) is 12.1 Å². The molecule has 2 aromatic rings. The van der Waals surface area contributed by atoms with Gasteiger partial charge in [-0.15, -0.1) is 0 Å². The molecule has 0 bridgehead atoms. The van der Waals surface area contributed by atoms with Crippen LogP contribution in [0.4, 0.5) is 0 Å². The normalized spacial score (nSPS) is 11.0. The van der Waals surface area contributed by atoms with Crippen molar-refractivity contribution in [1.29, 1.82) is 10.5 Å². The summed E-state index contributed by atoms with van der Waals surface area (Å²) in [6, 6.07) is 19.1. The average Bonchev–Trinajstić information content (AvgIpc) is 2.58. The number of nitrogens with zero attached hydrogens (tertiary/aromatic N) is 2. The van der Waals surface area contributed by atoms with E-state index in [9.17, 15) is 0 Å². The maximum absolute atomic E-state index is 8.83. The lowest BCUT2D eigenvalue weighted by Crippen LogP contribution is -1.75. The largest absolute Gasteiger partial charge is 0.192 e. The maximum Gasteiger partial charge on any atom is 0.0991 e. The molecule has 0 aromatic heterocycles. The second-order valence-electron chi connectivity index (χ2n) is 4.58. The summed E-state index contributed by atoms with van der Waals surface area (Å²) in [4.78, 5) is 0. The molecule has 0 N–H and O–H groups in total. The number of benzene rings is 2. The molecule has 0 amide bonds. The van der Waals surface area contributed by atoms with Crippen LogP contribution in [-0.4, -0.2) is 0 Å². The molecule has 2 aromatic carbocycles. The molecule has 0 aliphatic rings. The fraction of sp³-hybridized carbons (Fsp3) is 0. The highest BCUT2D eigenvalue weighted by Crippen LogP contribution is 2.07. The molecule has 104 valence electrons. The molecule has 0 radical (unpaired) electrons. The summed E-state index contributed by atoms with van der Waals surface area (Å²) in [6.07, 6.45) is 11.6. The summed E-state index contributed by atoms with van der Waals surface area (Å²) in [5, 5.41) is 17.7. The van der Waals surface area contributed by atoms with E-state index >= 15 is 0 Å². The van der Waals surface area contributed by atoms with Gasteiger partial charge in [-0.05, 0) is 35.4 Å². The molecule has 2 nitrogen and oxygen atoms in total. The zero-order valence-corrected chi connectivity index (χ0v) is 12.0. The minimum absolute atomic E-state index is 0.656. The van der Waals surface area contributed by atoms with E-state index in [-0.39, 0.29) is 0 Å². The van der Waals surface area contributed by atoms with Gasteiger partial charge in [0.15, 0.2) is 0 Å². The zero-order chi connectivity index (χ0) is 15.6. The topological polar surface area (TPSA) is 47.6 Å². The molecule has 2 rings (SSSR count). The SMILES string of the molecule is N#Cc1cccc(/C=C/C=C/C=C/c2cccc(C#N)c2)c1. The van der Waals surface area contributed by atoms with E-state index in [2.05, 4.69) is 12.1 Å². The first-order valence-electron chi connectivity index (χ1n) is 6.83. The van der Waals surface area contributed by atoms with Crippen molar-refractivity contribution < 1.29 is 0 Å². The van der Waals surface area contributed by atoms with Crippen LogP contribution < -0.4 is 0 Å². The standard InChI is InChI=1S/C20H14N2/c21-15-19-11-5-9-17(13-19)7-3-1-2-4-8-18-10-6-12-20(14-18)16-22/h1-14H/b2-1+,7-3+,8-4+. The number of rotatable bonds is 4. The van der Waals surface area contributed by atoms with Crippen molar-refractivity contribution in [2.75, 3.05) is 0 Å². The third-order valence-corrected chi connectivity index (χ3v) is 2.94. The van der Waals surface area contributed by atoms with Gasteiger partial charge < -0.3 is 0 Å². The van der Waals surface area contributed by atoms with E-state index in [4.69, 9.17) is 10.5 Å². The first-order valence-corrected chi connectivity index (χ1v) is 6.83. The molecule has 2 heteroatoms. The molecule has 0 saturated carbocycles. The van der Waals surface area contributed by atoms with Crippen LogP contribution in [0, 0.1) is 22.7 Å². The Morgan fingerprint density at radius 2 is 1.09 bits per heavy atom. The first-order chi connectivity index (χ1) is 10.8. The first kappa shape index (κ1) is 15.0. The van der Waals surface area contributed by atoms with Gasteiger partial charge in [0.2, 0.25) is 0 Å². The van der Waals surface area contributed by atoms with E-state index in [0.29, 0.717) is 11.1 Å². The maximum atomic E-state index is 8.83. The summed E-state index contributed by atoms with van der Waals surface area (Å²) in [6.45, 7) is 0. The molecule has 22 heavy (non-hydrogen) atoms. The summed E-state index contributed by atoms with van der Waals surface area (Å²) < 4.78 is 0. The van der Waals surface area contributed by atoms with Crippen LogP contribution in [0.3, 0.4) is 0 Å². The molecule has 0 unspecified atom stereocenters. The lowest BCUT2D eigenvalue weighted by molar-refractivity contribution is 1.48. The van der Waals surface area contributed by atoms with Gasteiger partial charge in [-0.2, -0.15) is 10.5 Å². The molecule has 0 fully saturated rings. The van der Waals surface area contributed by atoms with Crippen LogP contribution in [0.25, 0.3) is 12.2 Å². The monoisotopic (exact) mass is 282 g/mol. The molecule has 0 heterocycles. The Morgan fingerprint density at radius 3 is 1.50 bits per heavy atom. The Bertz CT molecular complexity index is 743. The minimum Gasteiger partial charge on any atom is -0.192 e. The van der Waals surface area contributed by atoms with Crippen molar-refractivity contribution in [2.45, 2.75) is 0 Å². The quantitative estimate of drug-likeness (QED) is 0.762. The van der Waals surface area contributed by atoms with Crippen LogP contribution in [0.15, 0.2) is 72.8 Å². The number of hydrogen-bond donors (Lipinski definition) is 0. The van der Waals surface area contributed by atoms with E-state index in [0.717, 1.165) is 11.1 Å². The highest BCUT2D eigenvalue weighted by Gasteiger charge is 1.90. The smallest absolute Gasteiger partial charge is 0.0991 e. The molecule has 0 atom stereocenters. The molecule has 0 aliphatic carbocycles. The number of allylic oxidation sites excluding steroid dienone is 4. The van der Waals surface area contributed by atoms with Gasteiger partial charge in [0, 0.05) is 0 Å². The third kappa shape index (κ3) is 4.63. The summed E-state index contributed by atoms with van der Waals surface area (Å²) in [7, 11) is 0. The van der Waals surface area contributed by atoms with Gasteiger partial charge in [0.05, 0.1) is 23.3 Å². The Labute approximate surface area is 130 Å². The van der Waals surface area contributed by atoms with Gasteiger partial charge in [-0.3, -0.25) is 0 Å². The molecule has 0 spiro atoms. The van der Waals surface area contributed by atoms with E-state index in [1.54, 1.807) is 12.1 Å². The number of hydrogen-bond acceptors (Lipinski definition) is 2. The Balaban J connectivity index is 1.95. The van der Waals surface area contributed by atoms with Crippen LogP contribution in [0.2, 0.25) is 0 Å². The van der Waals surface area contributed by atoms with Crippen LogP contribution in [-0.2, 0) is 0 Å². The van der Waals surface area contributed by atoms with Gasteiger partial charge in [-0.1, -0.05) is 60.7 Å². The van der Waals surface area contributed by atoms with Crippen LogP contribution in [0.1, 0.15) is 22.3 Å². The van der Waals surface area contributed by atoms with Crippen molar-refractivity contribution in [1.82, 2.24) is 0 Å². The summed E-state index contributed by atoms with van der Waals surface area (Å²) in [5.74, 6) is 0. The van der Waals surface area contributed by atoms with E-state index in [1.807, 2.05) is 72.9 Å². The fourth-order valence-corrected chi connectivity index (χ4v) is 1.89. The molecular weight excluding hydrogens is 268 g/mol. The van der Waals surface area contributed by atoms with E-state index < -0.39 is 0 Å². The van der Waals surface area contributed by atoms with Gasteiger partial charge >= 0.3 is 0 Å². The van der Waals surface area contributed by atoms with E-state index in [1.165, 1.54) is 0 Å². The fourth-order valence-electron chi connectivity index (χ4n) is 1.89. The molecule has 0 aliphatic heterocycles. The van der Waals surface area contributed by atoms with Gasteiger partial charge in [-0.25, -0.2) is 0 Å². The van der Waals surface area contributed by atoms with Crippen LogP contribution in [0.5, 0.6) is 0 Å². The highest BCUT2D eigenvalue weighted by molar-refractivity contribution is 5.56. The third-order valence-electron chi connectivity index (χ3n) is 2.94. The van der Waals surface area contributed by atoms with Gasteiger partial charge in [0.1, 0.15) is 0 Å². The predicted octanol–water partition coefficient (Wildman–Crippen LogP) is 4.71. The van der Waals surface area contributed by atoms with Crippen molar-refractivity contribution >= 4 is 12.2 Å². The zero-order valence-electron chi connectivity index (χ0n) is 12.0. The Morgan fingerprint density at radius 1 is 0.636 bits per heavy atom. The van der Waals surface area contributed by atoms with Crippen LogP contribution >= 0.6 is 0 Å². The average molecular weight is 282 g/mol. The number of nitriles is 2. The second kappa shape index (κ2) is 8.04. The molecule has 0 saturated heterocycles. The minimum atomic E-state index is 0.656. The predicted molar refractivity (Wildman–Crippen MR) is 89.5 cm³/mol. The lowest BCUT2D eigenvalue weighted by atomic mass is 10.1. The van der Waals surface area contributed by atoms with Crippen molar-refractivity contribution in [2.24, 2.45) is 0 Å². The second-order valence-corrected chi connectivity index (χ2v) is 4.58. The van der Waals surface area contributed by atoms with Crippen molar-refractivity contribution in [3.05, 3.63) is 95.1 Å². The molecular formula is C20H14N2. The Kier molecular flexibility index (Phi) is 5.50. The summed E-state index contributed by atoms with van der Waals surface area (Å²) >= 11 is 0. The van der Waals surface area contributed by atoms with Crippen molar-refractivity contribution in [3.63, 3.8) is 0 Å². The lowest BCUT2D eigenvalue weighted by Gasteiger charge is -1.92. The van der Waals surface area contributed by atoms with Gasteiger partial charge in [0.25, 0.3) is 0 Å². The summed E-state index contributed by atoms with van der Waals surface area (Å²) in [5.41, 5.74) is 3.30.